The van der Waals surface area contributed by atoms with Gasteiger partial charge in [0.05, 0.1) is 91.0 Å². The smallest absolute Gasteiger partial charge is 0.386 e. The number of nitrogens with two attached hydrogens (primary N) is 4. The monoisotopic (exact) mass is 1870 g/mol. The largest absolute Gasteiger partial charge is 0.780 e. The minimum Gasteiger partial charge on any atom is -0.780 e. The number of carbonyl (C=O) groups is 2. The number of unbranched alkanes of at least 4 members (excludes halogenated alkanes) is 6. The summed E-state index contributed by atoms with van der Waals surface area (Å²) >= 11 is 24.6. The quantitative estimate of drug-likeness (QED) is 0.0171. The molecule has 14 rings (SSSR count). The first-order chi connectivity index (χ1) is 57.0. The van der Waals surface area contributed by atoms with E-state index in [4.69, 9.17) is 130 Å². The lowest BCUT2D eigenvalue weighted by Gasteiger charge is -2.33. The number of fused-ring (bicyclic) bond motifs is 10. The van der Waals surface area contributed by atoms with E-state index in [1.54, 1.807) is 16.7 Å². The van der Waals surface area contributed by atoms with Crippen molar-refractivity contribution in [2.45, 2.75) is 211 Å². The van der Waals surface area contributed by atoms with Crippen LogP contribution < -0.4 is 48.7 Å². The third-order valence-corrected chi connectivity index (χ3v) is 26.6. The average Bonchev–Trinajstić information content (AvgIpc) is 1.61. The number of nitrogens with one attached hydrogen (secondary N) is 4. The molecule has 4 bridgehead atoms. The summed E-state index contributed by atoms with van der Waals surface area (Å²) in [7, 11) is 0. The van der Waals surface area contributed by atoms with Crippen LogP contribution >= 0.6 is 50.8 Å². The van der Waals surface area contributed by atoms with Gasteiger partial charge >= 0.3 is 26.2 Å². The Hall–Kier alpha value is -5.90. The number of esters is 1. The van der Waals surface area contributed by atoms with Gasteiger partial charge in [0.1, 0.15) is 79.2 Å². The van der Waals surface area contributed by atoms with E-state index in [1.807, 2.05) is 0 Å². The van der Waals surface area contributed by atoms with Gasteiger partial charge in [0.2, 0.25) is 17.1 Å². The Morgan fingerprint density at radius 2 is 0.950 bits per heavy atom. The number of rotatable bonds is 20. The van der Waals surface area contributed by atoms with Crippen LogP contribution in [-0.2, 0) is 109 Å². The molecule has 666 valence electrons. The first kappa shape index (κ1) is 96.3. The van der Waals surface area contributed by atoms with Gasteiger partial charge < -0.3 is 94.3 Å². The third-order valence-electron chi connectivity index (χ3n) is 20.1. The molecule has 6 saturated heterocycles. The number of H-pyrrole nitrogens is 2. The van der Waals surface area contributed by atoms with Crippen molar-refractivity contribution in [3.8, 4) is 0 Å². The van der Waals surface area contributed by atoms with Gasteiger partial charge in [-0.3, -0.25) is 65.5 Å². The van der Waals surface area contributed by atoms with Gasteiger partial charge in [-0.25, -0.2) is 53.2 Å². The lowest BCUT2D eigenvalue weighted by Crippen LogP contribution is -3.11. The molecule has 120 heavy (non-hydrogen) atoms. The summed E-state index contributed by atoms with van der Waals surface area (Å²) in [4.78, 5) is 132. The van der Waals surface area contributed by atoms with Crippen LogP contribution in [0.4, 0.5) is 32.3 Å². The van der Waals surface area contributed by atoms with Crippen LogP contribution in [0.1, 0.15) is 138 Å². The van der Waals surface area contributed by atoms with Crippen molar-refractivity contribution < 1.29 is 112 Å². The molecule has 0 spiro atoms. The molecule has 44 nitrogen and oxygen atoms in total. The van der Waals surface area contributed by atoms with E-state index >= 15 is 8.78 Å². The van der Waals surface area contributed by atoms with Crippen molar-refractivity contribution >= 4 is 166 Å². The molecule has 6 aliphatic heterocycles. The fourth-order valence-corrected chi connectivity index (χ4v) is 19.3. The van der Waals surface area contributed by atoms with Gasteiger partial charge in [-0.1, -0.05) is 76.4 Å². The second-order valence-corrected chi connectivity index (χ2v) is 39.4. The number of aromatic amines is 2. The van der Waals surface area contributed by atoms with Crippen LogP contribution in [0.15, 0.2) is 47.6 Å². The molecule has 0 saturated carbocycles. The van der Waals surface area contributed by atoms with Crippen molar-refractivity contribution in [1.82, 2.24) is 78.1 Å². The SMILES string of the molecule is CCC(=O)Cl.CCCCCCCCCC(=O)O[C@H]1[C@H]2OP(=O)(S)OC[C@H]3O[C@@H](n4cnc5c(N)ncnc54)[C@H](F)[C@@H]3OP([O-])(=S)OC[C@H]1O[C@H]2n1cnc2c(=O)[nH]c(N)nc21.CC[NH+](CC)CC.CC[NH+](CC)CC.Nc1nc2c(ncn2[C@@H]2O[C@@H]3COP(O)(=S)O[C@H]4[C@@H](F)[C@H](n5cnc6c(N)ncnc65)O[C@@H]4COP(O)(=S)O[C@@H]2[C@@H]3O)c(=O)[nH]1. The highest BCUT2D eigenvalue weighted by molar-refractivity contribution is 8.44. The number of hydrogen-bond acceptors (Lipinski definition) is 37. The molecule has 20 atom stereocenters. The maximum Gasteiger partial charge on any atom is 0.386 e. The Morgan fingerprint density at radius 1 is 0.558 bits per heavy atom. The zero-order valence-electron chi connectivity index (χ0n) is 66.4. The van der Waals surface area contributed by atoms with Crippen molar-refractivity contribution in [1.29, 1.82) is 0 Å². The zero-order chi connectivity index (χ0) is 87.3. The predicted molar refractivity (Wildman–Crippen MR) is 442 cm³/mol. The first-order valence-electron chi connectivity index (χ1n) is 38.6. The number of nitrogen functional groups attached to an aromatic ring is 4. The zero-order valence-corrected chi connectivity index (χ0v) is 74.1. The van der Waals surface area contributed by atoms with E-state index in [-0.39, 0.29) is 79.9 Å². The molecule has 6 fully saturated rings. The number of aromatic nitrogens is 16. The molecule has 0 aliphatic carbocycles. The highest BCUT2D eigenvalue weighted by Crippen LogP contribution is 2.59. The van der Waals surface area contributed by atoms with Gasteiger partial charge in [-0.2, -0.15) is 9.97 Å². The van der Waals surface area contributed by atoms with E-state index in [0.29, 0.717) is 12.8 Å². The van der Waals surface area contributed by atoms with Crippen LogP contribution in [0.25, 0.3) is 44.7 Å². The highest BCUT2D eigenvalue weighted by Gasteiger charge is 2.57. The van der Waals surface area contributed by atoms with Crippen molar-refractivity contribution in [2.75, 3.05) is 88.6 Å². The van der Waals surface area contributed by atoms with E-state index in [9.17, 15) is 43.5 Å². The van der Waals surface area contributed by atoms with Crippen molar-refractivity contribution in [3.63, 3.8) is 0 Å². The van der Waals surface area contributed by atoms with E-state index < -0.39 is 169 Å². The molecule has 4 unspecified atom stereocenters. The molecule has 6 aliphatic rings. The van der Waals surface area contributed by atoms with E-state index in [2.05, 4.69) is 121 Å². The fraction of sp³-hybridized carbons (Fsp3) is 0.662. The number of ether oxygens (including phenoxy) is 5. The number of aliphatic hydroxyl groups is 1. The van der Waals surface area contributed by atoms with Crippen LogP contribution in [0.2, 0.25) is 0 Å². The minimum absolute atomic E-state index is 0.0268. The number of quaternary nitrogens is 2. The van der Waals surface area contributed by atoms with Gasteiger partial charge in [-0.15, -0.1) is 0 Å². The first-order valence-corrected chi connectivity index (χ1v) is 49.4. The van der Waals surface area contributed by atoms with Crippen LogP contribution in [0.3, 0.4) is 0 Å². The summed E-state index contributed by atoms with van der Waals surface area (Å²) in [6.45, 7) is 4.58. The second-order valence-electron chi connectivity index (χ2n) is 27.8. The van der Waals surface area contributed by atoms with Crippen LogP contribution in [0.5, 0.6) is 0 Å². The molecule has 0 aromatic carbocycles. The molecule has 8 aromatic rings. The molecule has 0 amide bonds. The van der Waals surface area contributed by atoms with Gasteiger partial charge in [-0.05, 0) is 83.2 Å². The summed E-state index contributed by atoms with van der Waals surface area (Å²) in [5.41, 5.74) is 22.3. The number of anilines is 4. The Labute approximate surface area is 710 Å². The molecule has 55 heteroatoms. The number of thiol groups is 1. The Morgan fingerprint density at radius 3 is 1.41 bits per heavy atom. The van der Waals surface area contributed by atoms with Gasteiger partial charge in [0.25, 0.3) is 11.1 Å². The van der Waals surface area contributed by atoms with Gasteiger partial charge in [0.15, 0.2) is 94.7 Å². The van der Waals surface area contributed by atoms with Crippen LogP contribution in [0, 0.1) is 0 Å². The summed E-state index contributed by atoms with van der Waals surface area (Å²) in [6, 6.07) is 0. The standard InChI is InChI=1S/C30H41FN10O11P2S2.C20H23FN10O10P2S2.2C6H15N.C3H5ClO/c1-2-3-4-5-6-7-8-9-17(42)50-22-16-11-47-53(44,55)51-21-15(48-28(18(21)31)40-13-36-19-24(32)34-12-35-25(19)40)10-46-54(45,56)52-23(22)29(49-16)41-14-37-20-26(41)38-30(33)39-27(20)43;21-8-12-7(39-18(8)30-4-26-9-14(22)24-3-25-15(9)30)2-37-43(35,45)41-13-11(32)6(1-36-42(34,44)40-12)38-19(13)31-5-27-10-16(31)28-20(23)29-17(10)33;2*1-4-7(5-2)6-3;1-2-3(4)5/h12-16,18,21-23,28-29H,2-11H2,1H3,(H,44,55)(H,45,56)(H2,32,34,35)(H3,33,38,39,43);3-8,11-13,18-19,32H,1-2H2,(H,34,44)(H,35,45)(H2,22,24,25)(H3,23,28,29,33);2*4-6H2,1-3H3;2H2,1H3/p+1/t15-,16-,18-,21-,22-,23-,28-,29-,53?,54?;6-,7-,8-,11-,12-,13-,18-,19-,42?,43?;;;/m11.../s1. The average molecular weight is 1870 g/mol. The topological polar surface area (TPSA) is 582 Å². The Kier molecular flexibility index (Phi) is 34.4. The number of imidazole rings is 4. The number of aliphatic hydroxyl groups excluding tert-OH is 1. The Bertz CT molecular complexity index is 5100. The summed E-state index contributed by atoms with van der Waals surface area (Å²) in [5, 5.41) is 10.9. The van der Waals surface area contributed by atoms with E-state index in [1.165, 1.54) is 89.2 Å². The number of hydrogen-bond donors (Lipinski definition) is 12. The summed E-state index contributed by atoms with van der Waals surface area (Å²) in [5.74, 6) is -1.03. The third kappa shape index (κ3) is 23.8. The Balaban J connectivity index is 0.000000210. The lowest BCUT2D eigenvalue weighted by atomic mass is 10.1. The molecule has 8 aromatic heterocycles. The van der Waals surface area contributed by atoms with Gasteiger partial charge in [0, 0.05) is 12.8 Å². The molecule has 15 N–H and O–H groups in total. The molecular formula is C65H100ClF2N22O22P4S4+. The number of nitrogens with zero attached hydrogens (tertiary/aromatic N) is 14. The summed E-state index contributed by atoms with van der Waals surface area (Å²) in [6.07, 6.45) is -10.1. The van der Waals surface area contributed by atoms with Crippen molar-refractivity contribution in [3.05, 3.63) is 58.7 Å². The van der Waals surface area contributed by atoms with Crippen molar-refractivity contribution in [2.24, 2.45) is 0 Å². The minimum atomic E-state index is -4.62. The molecule has 0 radical (unpaired) electrons. The highest BCUT2D eigenvalue weighted by atomic mass is 35.5. The fourth-order valence-electron chi connectivity index (χ4n) is 13.6. The maximum atomic E-state index is 16.3. The summed E-state index contributed by atoms with van der Waals surface area (Å²) < 4.78 is 126. The maximum absolute atomic E-state index is 16.3. The normalized spacial score (nSPS) is 30.8. The van der Waals surface area contributed by atoms with Crippen LogP contribution in [-0.4, -0.2) is 243 Å². The molecular weight excluding hydrogens is 1770 g/mol. The number of halogens is 3. The number of alkyl halides is 2. The second kappa shape index (κ2) is 42.9. The lowest BCUT2D eigenvalue weighted by molar-refractivity contribution is -0.894. The molecule has 14 heterocycles. The number of carbonyl (C=O) groups excluding carboxylic acids is 2. The van der Waals surface area contributed by atoms with E-state index in [0.717, 1.165) is 44.9 Å². The predicted octanol–water partition coefficient (Wildman–Crippen LogP) is 2.64.